The normalized spacial score (nSPS) is 15.1. The molecule has 0 spiro atoms. The van der Waals surface area contributed by atoms with Crippen molar-refractivity contribution in [2.75, 3.05) is 0 Å². The molecule has 0 aliphatic carbocycles. The summed E-state index contributed by atoms with van der Waals surface area (Å²) in [5, 5.41) is 12.1. The Bertz CT molecular complexity index is 159. The highest BCUT2D eigenvalue weighted by Gasteiger charge is 2.17. The standard InChI is InChI=1S/C11H23NO2/c1-4-6-8-9(3)12-10(7-5-2)11(13)14/h9-10,12H,4-8H2,1-3H3,(H,13,14). The lowest BCUT2D eigenvalue weighted by atomic mass is 10.1. The summed E-state index contributed by atoms with van der Waals surface area (Å²) in [6.07, 6.45) is 5.00. The molecule has 0 aromatic carbocycles. The number of carboxylic acid groups (broad SMARTS) is 1. The van der Waals surface area contributed by atoms with E-state index in [1.54, 1.807) is 0 Å². The third-order valence-electron chi connectivity index (χ3n) is 2.35. The number of rotatable bonds is 8. The van der Waals surface area contributed by atoms with Crippen molar-refractivity contribution in [1.82, 2.24) is 5.32 Å². The molecule has 14 heavy (non-hydrogen) atoms. The Morgan fingerprint density at radius 3 is 2.36 bits per heavy atom. The summed E-state index contributed by atoms with van der Waals surface area (Å²) >= 11 is 0. The molecule has 0 bridgehead atoms. The van der Waals surface area contributed by atoms with Gasteiger partial charge in [-0.15, -0.1) is 0 Å². The van der Waals surface area contributed by atoms with Crippen LogP contribution in [0, 0.1) is 0 Å². The monoisotopic (exact) mass is 201 g/mol. The van der Waals surface area contributed by atoms with E-state index in [1.165, 1.54) is 0 Å². The Kier molecular flexibility index (Phi) is 7.48. The molecule has 2 atom stereocenters. The molecule has 0 rings (SSSR count). The van der Waals surface area contributed by atoms with Crippen LogP contribution < -0.4 is 5.32 Å². The van der Waals surface area contributed by atoms with Gasteiger partial charge in [-0.3, -0.25) is 4.79 Å². The van der Waals surface area contributed by atoms with Crippen LogP contribution in [0.4, 0.5) is 0 Å². The first-order chi connectivity index (χ1) is 6.61. The summed E-state index contributed by atoms with van der Waals surface area (Å²) in [6.45, 7) is 6.21. The van der Waals surface area contributed by atoms with Crippen LogP contribution in [-0.2, 0) is 4.79 Å². The topological polar surface area (TPSA) is 49.3 Å². The third kappa shape index (κ3) is 5.97. The molecule has 0 fully saturated rings. The van der Waals surface area contributed by atoms with Gasteiger partial charge in [-0.1, -0.05) is 33.1 Å². The average molecular weight is 201 g/mol. The van der Waals surface area contributed by atoms with Crippen molar-refractivity contribution in [3.63, 3.8) is 0 Å². The largest absolute Gasteiger partial charge is 0.480 e. The zero-order valence-corrected chi connectivity index (χ0v) is 9.55. The summed E-state index contributed by atoms with van der Waals surface area (Å²) in [5.74, 6) is -0.727. The van der Waals surface area contributed by atoms with Crippen molar-refractivity contribution in [2.24, 2.45) is 0 Å². The molecular weight excluding hydrogens is 178 g/mol. The molecule has 0 aromatic rings. The van der Waals surface area contributed by atoms with Gasteiger partial charge in [-0.05, 0) is 19.8 Å². The maximum absolute atomic E-state index is 10.8. The van der Waals surface area contributed by atoms with E-state index in [0.717, 1.165) is 25.7 Å². The van der Waals surface area contributed by atoms with Crippen LogP contribution in [0.2, 0.25) is 0 Å². The number of hydrogen-bond donors (Lipinski definition) is 2. The second-order valence-electron chi connectivity index (χ2n) is 3.89. The first-order valence-corrected chi connectivity index (χ1v) is 5.60. The van der Waals surface area contributed by atoms with E-state index in [9.17, 15) is 4.79 Å². The number of aliphatic carboxylic acids is 1. The minimum atomic E-state index is -0.727. The zero-order valence-electron chi connectivity index (χ0n) is 9.55. The van der Waals surface area contributed by atoms with E-state index in [4.69, 9.17) is 5.11 Å². The van der Waals surface area contributed by atoms with Crippen molar-refractivity contribution < 1.29 is 9.90 Å². The summed E-state index contributed by atoms with van der Waals surface area (Å²) in [7, 11) is 0. The highest BCUT2D eigenvalue weighted by Crippen LogP contribution is 2.04. The highest BCUT2D eigenvalue weighted by atomic mass is 16.4. The second-order valence-corrected chi connectivity index (χ2v) is 3.89. The fourth-order valence-corrected chi connectivity index (χ4v) is 1.50. The quantitative estimate of drug-likeness (QED) is 0.634. The molecule has 2 unspecified atom stereocenters. The van der Waals surface area contributed by atoms with Gasteiger partial charge in [0.05, 0.1) is 0 Å². The molecule has 0 aliphatic heterocycles. The fraction of sp³-hybridized carbons (Fsp3) is 0.909. The molecular formula is C11H23NO2. The number of carboxylic acids is 1. The first kappa shape index (κ1) is 13.4. The maximum Gasteiger partial charge on any atom is 0.320 e. The number of hydrogen-bond acceptors (Lipinski definition) is 2. The van der Waals surface area contributed by atoms with E-state index in [0.29, 0.717) is 12.5 Å². The minimum absolute atomic E-state index is 0.308. The molecule has 0 radical (unpaired) electrons. The van der Waals surface area contributed by atoms with Crippen molar-refractivity contribution in [3.8, 4) is 0 Å². The molecule has 0 amide bonds. The Balaban J connectivity index is 3.83. The van der Waals surface area contributed by atoms with Crippen molar-refractivity contribution >= 4 is 5.97 Å². The molecule has 84 valence electrons. The van der Waals surface area contributed by atoms with Crippen LogP contribution >= 0.6 is 0 Å². The van der Waals surface area contributed by atoms with Crippen LogP contribution in [0.5, 0.6) is 0 Å². The molecule has 0 aliphatic rings. The SMILES string of the molecule is CCCCC(C)NC(CCC)C(=O)O. The summed E-state index contributed by atoms with van der Waals surface area (Å²) in [6, 6.07) is -0.0607. The van der Waals surface area contributed by atoms with Gasteiger partial charge in [-0.25, -0.2) is 0 Å². The Labute approximate surface area is 86.9 Å². The van der Waals surface area contributed by atoms with Gasteiger partial charge in [0.1, 0.15) is 6.04 Å². The van der Waals surface area contributed by atoms with E-state index < -0.39 is 5.97 Å². The van der Waals surface area contributed by atoms with Crippen LogP contribution in [0.25, 0.3) is 0 Å². The van der Waals surface area contributed by atoms with Gasteiger partial charge in [0.25, 0.3) is 0 Å². The van der Waals surface area contributed by atoms with Gasteiger partial charge in [-0.2, -0.15) is 0 Å². The highest BCUT2D eigenvalue weighted by molar-refractivity contribution is 5.73. The summed E-state index contributed by atoms with van der Waals surface area (Å²) < 4.78 is 0. The van der Waals surface area contributed by atoms with Gasteiger partial charge in [0, 0.05) is 6.04 Å². The lowest BCUT2D eigenvalue weighted by Gasteiger charge is -2.19. The van der Waals surface area contributed by atoms with Gasteiger partial charge in [0.2, 0.25) is 0 Å². The van der Waals surface area contributed by atoms with Crippen molar-refractivity contribution in [1.29, 1.82) is 0 Å². The molecule has 0 saturated heterocycles. The van der Waals surface area contributed by atoms with Gasteiger partial charge >= 0.3 is 5.97 Å². The smallest absolute Gasteiger partial charge is 0.320 e. The van der Waals surface area contributed by atoms with E-state index in [-0.39, 0.29) is 6.04 Å². The number of nitrogens with one attached hydrogen (secondary N) is 1. The van der Waals surface area contributed by atoms with E-state index in [1.807, 2.05) is 6.92 Å². The second kappa shape index (κ2) is 7.80. The Morgan fingerprint density at radius 2 is 1.93 bits per heavy atom. The third-order valence-corrected chi connectivity index (χ3v) is 2.35. The Hall–Kier alpha value is -0.570. The predicted octanol–water partition coefficient (Wildman–Crippen LogP) is 2.41. The number of unbranched alkanes of at least 4 members (excludes halogenated alkanes) is 1. The van der Waals surface area contributed by atoms with E-state index >= 15 is 0 Å². The van der Waals surface area contributed by atoms with Crippen molar-refractivity contribution in [2.45, 2.75) is 65.0 Å². The summed E-state index contributed by atoms with van der Waals surface area (Å²) in [5.41, 5.74) is 0. The average Bonchev–Trinajstić information content (AvgIpc) is 2.14. The maximum atomic E-state index is 10.8. The molecule has 0 saturated carbocycles. The van der Waals surface area contributed by atoms with Gasteiger partial charge in [0.15, 0.2) is 0 Å². The lowest BCUT2D eigenvalue weighted by molar-refractivity contribution is -0.139. The minimum Gasteiger partial charge on any atom is -0.480 e. The predicted molar refractivity (Wildman–Crippen MR) is 58.5 cm³/mol. The van der Waals surface area contributed by atoms with Crippen molar-refractivity contribution in [3.05, 3.63) is 0 Å². The van der Waals surface area contributed by atoms with Crippen LogP contribution in [-0.4, -0.2) is 23.2 Å². The molecule has 3 nitrogen and oxygen atoms in total. The van der Waals surface area contributed by atoms with Crippen LogP contribution in [0.15, 0.2) is 0 Å². The molecule has 3 heteroatoms. The van der Waals surface area contributed by atoms with Crippen LogP contribution in [0.3, 0.4) is 0 Å². The Morgan fingerprint density at radius 1 is 1.29 bits per heavy atom. The lowest BCUT2D eigenvalue weighted by Crippen LogP contribution is -2.41. The molecule has 0 heterocycles. The molecule has 2 N–H and O–H groups in total. The zero-order chi connectivity index (χ0) is 11.0. The number of carbonyl (C=O) groups is 1. The first-order valence-electron chi connectivity index (χ1n) is 5.60. The van der Waals surface area contributed by atoms with Crippen LogP contribution in [0.1, 0.15) is 52.9 Å². The van der Waals surface area contributed by atoms with Gasteiger partial charge < -0.3 is 10.4 Å². The molecule has 0 aromatic heterocycles. The summed E-state index contributed by atoms with van der Waals surface area (Å²) in [4.78, 5) is 10.8. The van der Waals surface area contributed by atoms with E-state index in [2.05, 4.69) is 19.2 Å². The fourth-order valence-electron chi connectivity index (χ4n) is 1.50.